The number of aryl methyl sites for hydroxylation is 3. The molecule has 0 saturated heterocycles. The van der Waals surface area contributed by atoms with Crippen LogP contribution in [0, 0.1) is 6.92 Å². The molecule has 0 radical (unpaired) electrons. The van der Waals surface area contributed by atoms with Crippen molar-refractivity contribution in [3.63, 3.8) is 0 Å². The third kappa shape index (κ3) is 2.93. The van der Waals surface area contributed by atoms with E-state index in [2.05, 4.69) is 40.1 Å². The Labute approximate surface area is 116 Å². The number of hydrogen-bond acceptors (Lipinski definition) is 2. The fourth-order valence-corrected chi connectivity index (χ4v) is 2.28. The van der Waals surface area contributed by atoms with E-state index in [4.69, 9.17) is 4.74 Å². The molecule has 0 aliphatic carbocycles. The minimum absolute atomic E-state index is 0.548. The van der Waals surface area contributed by atoms with E-state index in [0.717, 1.165) is 33.6 Å². The van der Waals surface area contributed by atoms with E-state index in [1.165, 1.54) is 0 Å². The summed E-state index contributed by atoms with van der Waals surface area (Å²) in [4.78, 5) is 0. The van der Waals surface area contributed by atoms with Crippen LogP contribution in [0.15, 0.2) is 28.7 Å². The lowest BCUT2D eigenvalue weighted by Crippen LogP contribution is -2.03. The molecule has 3 nitrogen and oxygen atoms in total. The van der Waals surface area contributed by atoms with E-state index in [0.29, 0.717) is 6.61 Å². The van der Waals surface area contributed by atoms with Crippen LogP contribution in [0.4, 0.5) is 0 Å². The topological polar surface area (TPSA) is 27.1 Å². The Morgan fingerprint density at radius 3 is 2.72 bits per heavy atom. The summed E-state index contributed by atoms with van der Waals surface area (Å²) in [5.74, 6) is 0.914. The van der Waals surface area contributed by atoms with E-state index >= 15 is 0 Å². The van der Waals surface area contributed by atoms with Gasteiger partial charge in [0.2, 0.25) is 0 Å². The first-order chi connectivity index (χ1) is 8.60. The molecule has 0 bridgehead atoms. The highest BCUT2D eigenvalue weighted by Crippen LogP contribution is 2.23. The van der Waals surface area contributed by atoms with Crippen molar-refractivity contribution in [2.24, 2.45) is 7.05 Å². The Morgan fingerprint density at radius 2 is 2.11 bits per heavy atom. The van der Waals surface area contributed by atoms with Crippen molar-refractivity contribution in [2.45, 2.75) is 26.9 Å². The van der Waals surface area contributed by atoms with Gasteiger partial charge in [-0.2, -0.15) is 5.10 Å². The van der Waals surface area contributed by atoms with Crippen LogP contribution in [0.1, 0.15) is 23.9 Å². The van der Waals surface area contributed by atoms with Crippen LogP contribution in [0.2, 0.25) is 0 Å². The van der Waals surface area contributed by atoms with Crippen molar-refractivity contribution in [3.05, 3.63) is 45.7 Å². The zero-order valence-corrected chi connectivity index (χ0v) is 12.5. The monoisotopic (exact) mass is 308 g/mol. The Morgan fingerprint density at radius 1 is 1.33 bits per heavy atom. The Bertz CT molecular complexity index is 549. The molecule has 2 aromatic rings. The molecule has 2 rings (SSSR count). The van der Waals surface area contributed by atoms with Gasteiger partial charge < -0.3 is 4.74 Å². The van der Waals surface area contributed by atoms with Crippen LogP contribution in [0.25, 0.3) is 0 Å². The van der Waals surface area contributed by atoms with Crippen LogP contribution < -0.4 is 4.74 Å². The van der Waals surface area contributed by atoms with Gasteiger partial charge in [0.1, 0.15) is 12.4 Å². The summed E-state index contributed by atoms with van der Waals surface area (Å²) in [7, 11) is 1.95. The van der Waals surface area contributed by atoms with Crippen molar-refractivity contribution in [1.29, 1.82) is 0 Å². The van der Waals surface area contributed by atoms with Gasteiger partial charge in [0.05, 0.1) is 11.4 Å². The lowest BCUT2D eigenvalue weighted by atomic mass is 10.2. The van der Waals surface area contributed by atoms with Gasteiger partial charge in [-0.25, -0.2) is 0 Å². The normalized spacial score (nSPS) is 10.7. The minimum Gasteiger partial charge on any atom is -0.487 e. The number of halogens is 1. The highest BCUT2D eigenvalue weighted by molar-refractivity contribution is 9.10. The van der Waals surface area contributed by atoms with E-state index < -0.39 is 0 Å². The summed E-state index contributed by atoms with van der Waals surface area (Å²) in [6, 6.07) is 8.11. The first kappa shape index (κ1) is 13.1. The standard InChI is InChI=1S/C14H17BrN2O/c1-4-12-8-13(17(3)16-12)9-18-14-6-5-11(15)7-10(14)2/h5-8H,4,9H2,1-3H3. The predicted molar refractivity (Wildman–Crippen MR) is 75.8 cm³/mol. The van der Waals surface area contributed by atoms with Gasteiger partial charge in [-0.3, -0.25) is 4.68 Å². The SMILES string of the molecule is CCc1cc(COc2ccc(Br)cc2C)n(C)n1. The second kappa shape index (κ2) is 5.57. The fraction of sp³-hybridized carbons (Fsp3) is 0.357. The summed E-state index contributed by atoms with van der Waals surface area (Å²) < 4.78 is 8.79. The van der Waals surface area contributed by atoms with Crippen molar-refractivity contribution in [3.8, 4) is 5.75 Å². The van der Waals surface area contributed by atoms with E-state index in [1.54, 1.807) is 0 Å². The highest BCUT2D eigenvalue weighted by atomic mass is 79.9. The third-order valence-electron chi connectivity index (χ3n) is 2.90. The van der Waals surface area contributed by atoms with Crippen LogP contribution in [-0.4, -0.2) is 9.78 Å². The molecule has 18 heavy (non-hydrogen) atoms. The molecule has 1 aromatic heterocycles. The molecule has 0 saturated carbocycles. The van der Waals surface area contributed by atoms with Crippen LogP contribution in [0.5, 0.6) is 5.75 Å². The molecule has 0 atom stereocenters. The van der Waals surface area contributed by atoms with Crippen molar-refractivity contribution in [2.75, 3.05) is 0 Å². The maximum atomic E-state index is 5.83. The van der Waals surface area contributed by atoms with Crippen molar-refractivity contribution in [1.82, 2.24) is 9.78 Å². The number of benzene rings is 1. The van der Waals surface area contributed by atoms with Gasteiger partial charge in [-0.1, -0.05) is 22.9 Å². The summed E-state index contributed by atoms with van der Waals surface area (Å²) in [5.41, 5.74) is 3.32. The second-order valence-corrected chi connectivity index (χ2v) is 5.22. The minimum atomic E-state index is 0.548. The average molecular weight is 309 g/mol. The Kier molecular flexibility index (Phi) is 4.07. The second-order valence-electron chi connectivity index (χ2n) is 4.30. The van der Waals surface area contributed by atoms with E-state index in [1.807, 2.05) is 30.8 Å². The molecular weight excluding hydrogens is 292 g/mol. The molecule has 96 valence electrons. The lowest BCUT2D eigenvalue weighted by molar-refractivity contribution is 0.293. The maximum absolute atomic E-state index is 5.83. The van der Waals surface area contributed by atoms with Crippen molar-refractivity contribution >= 4 is 15.9 Å². The first-order valence-corrected chi connectivity index (χ1v) is 6.80. The van der Waals surface area contributed by atoms with Gasteiger partial charge in [-0.05, 0) is 43.2 Å². The van der Waals surface area contributed by atoms with E-state index in [9.17, 15) is 0 Å². The Hall–Kier alpha value is -1.29. The van der Waals surface area contributed by atoms with Gasteiger partial charge >= 0.3 is 0 Å². The zero-order chi connectivity index (χ0) is 13.1. The molecule has 0 N–H and O–H groups in total. The first-order valence-electron chi connectivity index (χ1n) is 6.01. The molecule has 0 amide bonds. The molecule has 0 fully saturated rings. The Balaban J connectivity index is 2.08. The lowest BCUT2D eigenvalue weighted by Gasteiger charge is -2.09. The molecule has 0 unspecified atom stereocenters. The summed E-state index contributed by atoms with van der Waals surface area (Å²) >= 11 is 3.45. The van der Waals surface area contributed by atoms with E-state index in [-0.39, 0.29) is 0 Å². The average Bonchev–Trinajstić information content (AvgIpc) is 2.69. The van der Waals surface area contributed by atoms with Crippen LogP contribution in [0.3, 0.4) is 0 Å². The summed E-state index contributed by atoms with van der Waals surface area (Å²) in [6.45, 7) is 4.69. The highest BCUT2D eigenvalue weighted by Gasteiger charge is 2.06. The number of ether oxygens (including phenoxy) is 1. The molecule has 0 aliphatic rings. The fourth-order valence-electron chi connectivity index (χ4n) is 1.81. The summed E-state index contributed by atoms with van der Waals surface area (Å²) in [6.07, 6.45) is 0.950. The molecule has 0 aliphatic heterocycles. The van der Waals surface area contributed by atoms with Gasteiger partial charge in [0.25, 0.3) is 0 Å². The number of hydrogen-bond donors (Lipinski definition) is 0. The molecule has 1 aromatic carbocycles. The molecule has 1 heterocycles. The third-order valence-corrected chi connectivity index (χ3v) is 3.40. The zero-order valence-electron chi connectivity index (χ0n) is 10.9. The molecule has 0 spiro atoms. The largest absolute Gasteiger partial charge is 0.487 e. The smallest absolute Gasteiger partial charge is 0.130 e. The van der Waals surface area contributed by atoms with Gasteiger partial charge in [0.15, 0.2) is 0 Å². The number of aromatic nitrogens is 2. The molecule has 4 heteroatoms. The van der Waals surface area contributed by atoms with Crippen LogP contribution in [-0.2, 0) is 20.1 Å². The number of rotatable bonds is 4. The van der Waals surface area contributed by atoms with Gasteiger partial charge in [0, 0.05) is 11.5 Å². The quantitative estimate of drug-likeness (QED) is 0.862. The predicted octanol–water partition coefficient (Wildman–Crippen LogP) is 3.63. The van der Waals surface area contributed by atoms with Crippen molar-refractivity contribution < 1.29 is 4.74 Å². The maximum Gasteiger partial charge on any atom is 0.130 e. The van der Waals surface area contributed by atoms with Gasteiger partial charge in [-0.15, -0.1) is 0 Å². The van der Waals surface area contributed by atoms with Crippen LogP contribution >= 0.6 is 15.9 Å². The molecular formula is C14H17BrN2O. The summed E-state index contributed by atoms with van der Waals surface area (Å²) in [5, 5.41) is 4.41. The number of nitrogens with zero attached hydrogens (tertiary/aromatic N) is 2.